The topological polar surface area (TPSA) is 86.8 Å². The number of carbonyl (C=O) groups is 4. The summed E-state index contributed by atoms with van der Waals surface area (Å²) in [6.45, 7) is 1.71. The number of imide groups is 1. The Balaban J connectivity index is 1.73. The van der Waals surface area contributed by atoms with E-state index in [0.29, 0.717) is 28.5 Å². The molecule has 9 heteroatoms. The summed E-state index contributed by atoms with van der Waals surface area (Å²) in [6.07, 6.45) is 4.87. The number of fused-ring (bicyclic) bond motifs is 1. The number of benzene rings is 1. The van der Waals surface area contributed by atoms with Gasteiger partial charge in [0, 0.05) is 36.6 Å². The van der Waals surface area contributed by atoms with E-state index < -0.39 is 6.04 Å². The molecule has 1 aromatic carbocycles. The van der Waals surface area contributed by atoms with Gasteiger partial charge in [-0.25, -0.2) is 0 Å². The Labute approximate surface area is 191 Å². The van der Waals surface area contributed by atoms with Crippen molar-refractivity contribution in [2.45, 2.75) is 38.8 Å². The molecule has 1 fully saturated rings. The molecule has 1 N–H and O–H groups in total. The summed E-state index contributed by atoms with van der Waals surface area (Å²) in [4.78, 5) is 53.2. The van der Waals surface area contributed by atoms with E-state index in [9.17, 15) is 19.2 Å². The third-order valence-corrected chi connectivity index (χ3v) is 6.50. The first-order valence-corrected chi connectivity index (χ1v) is 11.0. The molecule has 3 atom stereocenters. The molecule has 1 aliphatic heterocycles. The lowest BCUT2D eigenvalue weighted by atomic mass is 9.85. The number of nitrogens with one attached hydrogen (secondary N) is 1. The van der Waals surface area contributed by atoms with Gasteiger partial charge >= 0.3 is 0 Å². The van der Waals surface area contributed by atoms with Crippen LogP contribution in [-0.2, 0) is 25.7 Å². The maximum Gasteiger partial charge on any atom is 0.242 e. The minimum atomic E-state index is -0.763. The van der Waals surface area contributed by atoms with E-state index in [4.69, 9.17) is 23.2 Å². The fourth-order valence-electron chi connectivity index (χ4n) is 4.07. The largest absolute Gasteiger partial charge is 0.357 e. The highest BCUT2D eigenvalue weighted by Crippen LogP contribution is 2.35. The molecule has 3 rings (SSSR count). The number of nitrogens with zero attached hydrogens (tertiary/aromatic N) is 2. The number of hydrogen-bond donors (Lipinski definition) is 1. The third kappa shape index (κ3) is 4.93. The summed E-state index contributed by atoms with van der Waals surface area (Å²) in [5, 5.41) is 3.39. The molecule has 0 unspecified atom stereocenters. The van der Waals surface area contributed by atoms with Crippen LogP contribution in [0, 0.1) is 11.8 Å². The highest BCUT2D eigenvalue weighted by molar-refractivity contribution is 6.35. The lowest BCUT2D eigenvalue weighted by Gasteiger charge is -2.29. The van der Waals surface area contributed by atoms with Gasteiger partial charge in [-0.1, -0.05) is 41.4 Å². The number of rotatable bonds is 7. The number of likely N-dealkylation sites (tertiary alicyclic amines) is 1. The minimum absolute atomic E-state index is 0.00514. The molecule has 1 heterocycles. The van der Waals surface area contributed by atoms with E-state index in [2.05, 4.69) is 5.32 Å². The van der Waals surface area contributed by atoms with E-state index in [0.717, 1.165) is 0 Å². The highest BCUT2D eigenvalue weighted by atomic mass is 35.5. The van der Waals surface area contributed by atoms with Gasteiger partial charge in [-0.05, 0) is 37.5 Å². The zero-order chi connectivity index (χ0) is 22.7. The standard InChI is InChI=1S/C22H25Cl2N3O4/c1-13(20(29)25-2)27(12-14-7-8-15(23)11-18(14)24)19(28)9-10-26-21(30)16-5-3-4-6-17(16)22(26)31/h3-4,7-8,11,13,16-17H,5-6,9-10,12H2,1-2H3,(H,25,29)/t13-,16-,17+/m0/s1. The fourth-order valence-corrected chi connectivity index (χ4v) is 4.53. The van der Waals surface area contributed by atoms with E-state index in [-0.39, 0.29) is 55.0 Å². The second-order valence-electron chi connectivity index (χ2n) is 7.78. The molecule has 1 aromatic rings. The second-order valence-corrected chi connectivity index (χ2v) is 8.63. The lowest BCUT2D eigenvalue weighted by molar-refractivity contribution is -0.143. The number of halogens is 2. The molecule has 166 valence electrons. The van der Waals surface area contributed by atoms with Gasteiger partial charge in [0.2, 0.25) is 23.6 Å². The number of carbonyl (C=O) groups excluding carboxylic acids is 4. The van der Waals surface area contributed by atoms with Crippen LogP contribution in [0.3, 0.4) is 0 Å². The third-order valence-electron chi connectivity index (χ3n) is 5.92. The Morgan fingerprint density at radius 1 is 1.16 bits per heavy atom. The van der Waals surface area contributed by atoms with E-state index in [1.165, 1.54) is 16.8 Å². The molecule has 0 spiro atoms. The summed E-state index contributed by atoms with van der Waals surface area (Å²) >= 11 is 12.2. The van der Waals surface area contributed by atoms with Gasteiger partial charge < -0.3 is 10.2 Å². The van der Waals surface area contributed by atoms with E-state index in [1.807, 2.05) is 12.2 Å². The molecule has 4 amide bonds. The summed E-state index contributed by atoms with van der Waals surface area (Å²) in [6, 6.07) is 4.17. The van der Waals surface area contributed by atoms with Crippen molar-refractivity contribution in [1.82, 2.24) is 15.1 Å². The van der Waals surface area contributed by atoms with Crippen LogP contribution >= 0.6 is 23.2 Å². The SMILES string of the molecule is CNC(=O)[C@H](C)N(Cc1ccc(Cl)cc1Cl)C(=O)CCN1C(=O)[C@H]2CC=CC[C@H]2C1=O. The summed E-state index contributed by atoms with van der Waals surface area (Å²) < 4.78 is 0. The monoisotopic (exact) mass is 465 g/mol. The number of hydrogen-bond acceptors (Lipinski definition) is 4. The van der Waals surface area contributed by atoms with Crippen molar-refractivity contribution in [1.29, 1.82) is 0 Å². The van der Waals surface area contributed by atoms with Crippen LogP contribution in [0.2, 0.25) is 10.0 Å². The van der Waals surface area contributed by atoms with Gasteiger partial charge in [0.05, 0.1) is 11.8 Å². The average Bonchev–Trinajstić information content (AvgIpc) is 3.00. The molecule has 31 heavy (non-hydrogen) atoms. The van der Waals surface area contributed by atoms with Gasteiger partial charge in [-0.3, -0.25) is 24.1 Å². The van der Waals surface area contributed by atoms with Gasteiger partial charge in [0.1, 0.15) is 6.04 Å². The fraction of sp³-hybridized carbons (Fsp3) is 0.455. The number of allylic oxidation sites excluding steroid dienone is 2. The van der Waals surface area contributed by atoms with Gasteiger partial charge in [0.25, 0.3) is 0 Å². The normalized spacial score (nSPS) is 21.1. The van der Waals surface area contributed by atoms with Crippen molar-refractivity contribution < 1.29 is 19.2 Å². The highest BCUT2D eigenvalue weighted by Gasteiger charge is 2.47. The van der Waals surface area contributed by atoms with Crippen LogP contribution in [0.4, 0.5) is 0 Å². The van der Waals surface area contributed by atoms with Crippen molar-refractivity contribution in [2.24, 2.45) is 11.8 Å². The van der Waals surface area contributed by atoms with Crippen LogP contribution in [0.15, 0.2) is 30.4 Å². The van der Waals surface area contributed by atoms with Crippen molar-refractivity contribution in [3.05, 3.63) is 46.0 Å². The Hall–Kier alpha value is -2.38. The Morgan fingerprint density at radius 2 is 1.77 bits per heavy atom. The molecule has 1 saturated heterocycles. The van der Waals surface area contributed by atoms with Crippen LogP contribution in [0.5, 0.6) is 0 Å². The molecule has 0 saturated carbocycles. The molecule has 1 aliphatic carbocycles. The van der Waals surface area contributed by atoms with Crippen LogP contribution in [0.25, 0.3) is 0 Å². The quantitative estimate of drug-likeness (QED) is 0.495. The zero-order valence-electron chi connectivity index (χ0n) is 17.4. The smallest absolute Gasteiger partial charge is 0.242 e. The van der Waals surface area contributed by atoms with Crippen molar-refractivity contribution >= 4 is 46.8 Å². The van der Waals surface area contributed by atoms with Crippen molar-refractivity contribution in [3.63, 3.8) is 0 Å². The summed E-state index contributed by atoms with van der Waals surface area (Å²) in [5.74, 6) is -1.79. The second kappa shape index (κ2) is 9.83. The number of amides is 4. The molecule has 2 aliphatic rings. The van der Waals surface area contributed by atoms with Crippen LogP contribution < -0.4 is 5.32 Å². The average molecular weight is 466 g/mol. The first kappa shape index (κ1) is 23.3. The summed E-state index contributed by atoms with van der Waals surface area (Å²) in [7, 11) is 1.49. The Morgan fingerprint density at radius 3 is 2.32 bits per heavy atom. The summed E-state index contributed by atoms with van der Waals surface area (Å²) in [5.41, 5.74) is 0.639. The maximum absolute atomic E-state index is 13.1. The zero-order valence-corrected chi connectivity index (χ0v) is 18.9. The molecule has 0 bridgehead atoms. The van der Waals surface area contributed by atoms with E-state index in [1.54, 1.807) is 25.1 Å². The lowest BCUT2D eigenvalue weighted by Crippen LogP contribution is -2.47. The Bertz CT molecular complexity index is 907. The van der Waals surface area contributed by atoms with E-state index >= 15 is 0 Å². The maximum atomic E-state index is 13.1. The van der Waals surface area contributed by atoms with Crippen molar-refractivity contribution in [3.8, 4) is 0 Å². The first-order valence-electron chi connectivity index (χ1n) is 10.2. The molecular formula is C22H25Cl2N3O4. The van der Waals surface area contributed by atoms with Gasteiger partial charge in [-0.2, -0.15) is 0 Å². The molecule has 0 aromatic heterocycles. The van der Waals surface area contributed by atoms with Crippen molar-refractivity contribution in [2.75, 3.05) is 13.6 Å². The predicted octanol–water partition coefficient (Wildman–Crippen LogP) is 2.80. The minimum Gasteiger partial charge on any atom is -0.357 e. The van der Waals surface area contributed by atoms with Crippen LogP contribution in [0.1, 0.15) is 31.7 Å². The van der Waals surface area contributed by atoms with Gasteiger partial charge in [0.15, 0.2) is 0 Å². The molecule has 7 nitrogen and oxygen atoms in total. The number of likely N-dealkylation sites (N-methyl/N-ethyl adjacent to an activating group) is 1. The van der Waals surface area contributed by atoms with Gasteiger partial charge in [-0.15, -0.1) is 0 Å². The van der Waals surface area contributed by atoms with Crippen LogP contribution in [-0.4, -0.2) is 53.1 Å². The molecule has 0 radical (unpaired) electrons. The Kier molecular flexibility index (Phi) is 7.38. The molecular weight excluding hydrogens is 441 g/mol. The first-order chi connectivity index (χ1) is 14.7. The predicted molar refractivity (Wildman–Crippen MR) is 117 cm³/mol.